The van der Waals surface area contributed by atoms with E-state index in [1.165, 1.54) is 0 Å². The Kier molecular flexibility index (Phi) is 4.28. The molecule has 0 radical (unpaired) electrons. The summed E-state index contributed by atoms with van der Waals surface area (Å²) < 4.78 is 5.25. The van der Waals surface area contributed by atoms with Crippen molar-refractivity contribution >= 4 is 6.09 Å². The second-order valence-electron chi connectivity index (χ2n) is 4.39. The van der Waals surface area contributed by atoms with Gasteiger partial charge in [0.2, 0.25) is 0 Å². The van der Waals surface area contributed by atoms with E-state index in [2.05, 4.69) is 5.11 Å². The molecule has 0 bridgehead atoms. The number of carbonyl (C=O) groups is 1. The van der Waals surface area contributed by atoms with Crippen molar-refractivity contribution in [1.82, 2.24) is 4.90 Å². The third-order valence-corrected chi connectivity index (χ3v) is 3.11. The molecule has 96 valence electrons. The average molecular weight is 247 g/mol. The van der Waals surface area contributed by atoms with Crippen LogP contribution in [0.2, 0.25) is 0 Å². The number of hydrogen-bond acceptors (Lipinski definition) is 4. The highest BCUT2D eigenvalue weighted by molar-refractivity contribution is 5.67. The first-order chi connectivity index (χ1) is 8.79. The fourth-order valence-electron chi connectivity index (χ4n) is 1.99. The molecule has 1 aromatic carbocycles. The summed E-state index contributed by atoms with van der Waals surface area (Å²) in [6, 6.07) is 9.70. The summed E-state index contributed by atoms with van der Waals surface area (Å²) in [5.74, 6) is 0. The summed E-state index contributed by atoms with van der Waals surface area (Å²) in [5.41, 5.74) is 7.94. The topological polar surface area (TPSA) is 65.8 Å². The Hall–Kier alpha value is -1.91. The van der Waals surface area contributed by atoms with Crippen molar-refractivity contribution in [2.24, 2.45) is 5.11 Å². The van der Waals surface area contributed by atoms with Gasteiger partial charge in [-0.25, -0.2) is 10.3 Å². The molecule has 1 amide bonds. The molecule has 0 atom stereocenters. The van der Waals surface area contributed by atoms with Crippen molar-refractivity contribution in [3.05, 3.63) is 35.9 Å². The summed E-state index contributed by atoms with van der Waals surface area (Å²) in [6.45, 7) is 1.56. The van der Waals surface area contributed by atoms with Gasteiger partial charge in [-0.2, -0.15) is 5.11 Å². The van der Waals surface area contributed by atoms with Crippen LogP contribution >= 0.6 is 0 Å². The van der Waals surface area contributed by atoms with Crippen molar-refractivity contribution in [1.29, 1.82) is 5.53 Å². The second-order valence-corrected chi connectivity index (χ2v) is 4.39. The number of likely N-dealkylation sites (tertiary alicyclic amines) is 1. The van der Waals surface area contributed by atoms with Crippen LogP contribution in [0.5, 0.6) is 0 Å². The van der Waals surface area contributed by atoms with Gasteiger partial charge >= 0.3 is 6.09 Å². The molecule has 1 aliphatic rings. The first-order valence-corrected chi connectivity index (χ1v) is 6.12. The molecule has 18 heavy (non-hydrogen) atoms. The minimum Gasteiger partial charge on any atom is -0.445 e. The molecular formula is C13H17N3O2. The van der Waals surface area contributed by atoms with Crippen molar-refractivity contribution in [3.63, 3.8) is 0 Å². The molecular weight excluding hydrogens is 230 g/mol. The maximum atomic E-state index is 11.8. The van der Waals surface area contributed by atoms with Gasteiger partial charge in [0, 0.05) is 13.1 Å². The third kappa shape index (κ3) is 3.29. The molecule has 1 N–H and O–H groups in total. The molecule has 0 unspecified atom stereocenters. The predicted octanol–water partition coefficient (Wildman–Crippen LogP) is 2.82. The lowest BCUT2D eigenvalue weighted by molar-refractivity contribution is 0.0870. The molecule has 1 heterocycles. The van der Waals surface area contributed by atoms with E-state index in [1.54, 1.807) is 4.90 Å². The fraction of sp³-hybridized carbons (Fsp3) is 0.462. The van der Waals surface area contributed by atoms with Gasteiger partial charge in [0.05, 0.1) is 6.04 Å². The summed E-state index contributed by atoms with van der Waals surface area (Å²) in [7, 11) is 0. The summed E-state index contributed by atoms with van der Waals surface area (Å²) in [6.07, 6.45) is 1.23. The normalized spacial score (nSPS) is 16.3. The highest BCUT2D eigenvalue weighted by Crippen LogP contribution is 2.14. The molecule has 5 heteroatoms. The number of nitrogens with one attached hydrogen (secondary N) is 1. The number of hydrogen-bond donors (Lipinski definition) is 1. The van der Waals surface area contributed by atoms with Crippen molar-refractivity contribution in [2.45, 2.75) is 25.5 Å². The minimum atomic E-state index is -0.276. The molecule has 2 rings (SSSR count). The minimum absolute atomic E-state index is 0.0724. The van der Waals surface area contributed by atoms with Gasteiger partial charge in [-0.15, -0.1) is 0 Å². The summed E-state index contributed by atoms with van der Waals surface area (Å²) >= 11 is 0. The SMILES string of the molecule is N=NC1CCN(C(=O)OCc2ccccc2)CC1. The molecule has 0 aromatic heterocycles. The fourth-order valence-corrected chi connectivity index (χ4v) is 1.99. The van der Waals surface area contributed by atoms with Gasteiger partial charge < -0.3 is 9.64 Å². The number of rotatable bonds is 3. The van der Waals surface area contributed by atoms with Gasteiger partial charge in [-0.05, 0) is 18.4 Å². The standard InChI is InChI=1S/C13H17N3O2/c14-15-12-6-8-16(9-7-12)13(17)18-10-11-4-2-1-3-5-11/h1-5,12,14H,6-10H2. The largest absolute Gasteiger partial charge is 0.445 e. The Labute approximate surface area is 106 Å². The van der Waals surface area contributed by atoms with Crippen molar-refractivity contribution in [3.8, 4) is 0 Å². The molecule has 0 spiro atoms. The van der Waals surface area contributed by atoms with Gasteiger partial charge in [0.25, 0.3) is 0 Å². The quantitative estimate of drug-likeness (QED) is 0.834. The Morgan fingerprint density at radius 2 is 2.00 bits per heavy atom. The van der Waals surface area contributed by atoms with Crippen LogP contribution in [0.4, 0.5) is 4.79 Å². The highest BCUT2D eigenvalue weighted by atomic mass is 16.6. The van der Waals surface area contributed by atoms with Gasteiger partial charge in [0.1, 0.15) is 6.61 Å². The number of ether oxygens (including phenoxy) is 1. The Morgan fingerprint density at radius 3 is 2.61 bits per heavy atom. The van der Waals surface area contributed by atoms with E-state index in [0.29, 0.717) is 19.7 Å². The van der Waals surface area contributed by atoms with Crippen LogP contribution < -0.4 is 0 Å². The van der Waals surface area contributed by atoms with Crippen LogP contribution in [0.3, 0.4) is 0 Å². The molecule has 1 aromatic rings. The zero-order valence-corrected chi connectivity index (χ0v) is 10.2. The van der Waals surface area contributed by atoms with E-state index < -0.39 is 0 Å². The number of amides is 1. The van der Waals surface area contributed by atoms with E-state index in [4.69, 9.17) is 10.3 Å². The van der Waals surface area contributed by atoms with E-state index in [-0.39, 0.29) is 12.1 Å². The molecule has 1 fully saturated rings. The molecule has 1 aliphatic heterocycles. The lowest BCUT2D eigenvalue weighted by atomic mass is 10.1. The maximum Gasteiger partial charge on any atom is 0.410 e. The van der Waals surface area contributed by atoms with Crippen molar-refractivity contribution < 1.29 is 9.53 Å². The predicted molar refractivity (Wildman–Crippen MR) is 66.4 cm³/mol. The Bertz CT molecular complexity index is 400. The number of nitrogens with zero attached hydrogens (tertiary/aromatic N) is 2. The molecule has 5 nitrogen and oxygen atoms in total. The number of carbonyl (C=O) groups excluding carboxylic acids is 1. The van der Waals surface area contributed by atoms with E-state index >= 15 is 0 Å². The molecule has 1 saturated heterocycles. The second kappa shape index (κ2) is 6.14. The third-order valence-electron chi connectivity index (χ3n) is 3.11. The highest BCUT2D eigenvalue weighted by Gasteiger charge is 2.23. The summed E-state index contributed by atoms with van der Waals surface area (Å²) in [4.78, 5) is 13.5. The van der Waals surface area contributed by atoms with E-state index in [9.17, 15) is 4.79 Å². The lowest BCUT2D eigenvalue weighted by Gasteiger charge is -2.28. The Morgan fingerprint density at radius 1 is 1.33 bits per heavy atom. The first-order valence-electron chi connectivity index (χ1n) is 6.12. The van der Waals surface area contributed by atoms with Crippen LogP contribution in [-0.2, 0) is 11.3 Å². The monoisotopic (exact) mass is 247 g/mol. The van der Waals surface area contributed by atoms with Crippen molar-refractivity contribution in [2.75, 3.05) is 13.1 Å². The van der Waals surface area contributed by atoms with E-state index in [0.717, 1.165) is 18.4 Å². The lowest BCUT2D eigenvalue weighted by Crippen LogP contribution is -2.39. The van der Waals surface area contributed by atoms with Crippen LogP contribution in [-0.4, -0.2) is 30.1 Å². The van der Waals surface area contributed by atoms with E-state index in [1.807, 2.05) is 30.3 Å². The number of piperidine rings is 1. The van der Waals surface area contributed by atoms with Crippen LogP contribution in [0, 0.1) is 5.53 Å². The zero-order chi connectivity index (χ0) is 12.8. The zero-order valence-electron chi connectivity index (χ0n) is 10.2. The maximum absolute atomic E-state index is 11.8. The number of benzene rings is 1. The summed E-state index contributed by atoms with van der Waals surface area (Å²) in [5, 5.41) is 3.51. The average Bonchev–Trinajstić information content (AvgIpc) is 2.46. The Balaban J connectivity index is 1.77. The van der Waals surface area contributed by atoms with Crippen LogP contribution in [0.15, 0.2) is 35.4 Å². The molecule has 0 aliphatic carbocycles. The van der Waals surface area contributed by atoms with Gasteiger partial charge in [0.15, 0.2) is 0 Å². The van der Waals surface area contributed by atoms with Gasteiger partial charge in [-0.1, -0.05) is 30.3 Å². The first kappa shape index (κ1) is 12.5. The van der Waals surface area contributed by atoms with Crippen LogP contribution in [0.1, 0.15) is 18.4 Å². The van der Waals surface area contributed by atoms with Crippen LogP contribution in [0.25, 0.3) is 0 Å². The molecule has 0 saturated carbocycles. The van der Waals surface area contributed by atoms with Gasteiger partial charge in [-0.3, -0.25) is 0 Å². The smallest absolute Gasteiger partial charge is 0.410 e.